The lowest BCUT2D eigenvalue weighted by molar-refractivity contribution is -0.0000123. The van der Waals surface area contributed by atoms with Crippen molar-refractivity contribution in [3.63, 3.8) is 0 Å². The van der Waals surface area contributed by atoms with E-state index in [0.717, 1.165) is 24.4 Å². The Morgan fingerprint density at radius 2 is 1.82 bits per heavy atom. The van der Waals surface area contributed by atoms with E-state index in [2.05, 4.69) is 19.2 Å². The summed E-state index contributed by atoms with van der Waals surface area (Å²) >= 11 is 5.88. The number of hydrogen-bond donors (Lipinski definition) is 1. The van der Waals surface area contributed by atoms with Gasteiger partial charge in [-0.3, -0.25) is 4.79 Å². The van der Waals surface area contributed by atoms with Crippen LogP contribution >= 0.6 is 11.6 Å². The first-order chi connectivity index (χ1) is 10.2. The van der Waals surface area contributed by atoms with Gasteiger partial charge in [-0.1, -0.05) is 37.6 Å². The second-order valence-corrected chi connectivity index (χ2v) is 7.88. The highest BCUT2D eigenvalue weighted by Gasteiger charge is 2.25. The molecule has 0 saturated carbocycles. The molecule has 0 aliphatic carbocycles. The van der Waals surface area contributed by atoms with Crippen molar-refractivity contribution in [3.8, 4) is 0 Å². The number of carbonyl (C=O) groups excluding carboxylic acids is 1. The molecule has 1 aromatic rings. The molecule has 0 radical (unpaired) electrons. The molecule has 0 amide bonds. The highest BCUT2D eigenvalue weighted by atomic mass is 79.9. The molecular formula is C17H27BrClNOS. The molecule has 22 heavy (non-hydrogen) atoms. The maximum Gasteiger partial charge on any atom is 0.211 e. The number of hydrogen-bond acceptors (Lipinski definition) is 2. The maximum absolute atomic E-state index is 12.0. The van der Waals surface area contributed by atoms with Gasteiger partial charge in [-0.15, -0.1) is 0 Å². The van der Waals surface area contributed by atoms with Gasteiger partial charge >= 0.3 is 0 Å². The fourth-order valence-corrected chi connectivity index (χ4v) is 4.66. The van der Waals surface area contributed by atoms with Gasteiger partial charge in [-0.05, 0) is 55.4 Å². The third kappa shape index (κ3) is 9.19. The van der Waals surface area contributed by atoms with Crippen molar-refractivity contribution >= 4 is 28.3 Å². The molecule has 1 N–H and O–H groups in total. The molecule has 2 nitrogen and oxygen atoms in total. The van der Waals surface area contributed by atoms with Crippen molar-refractivity contribution in [1.29, 1.82) is 0 Å². The van der Waals surface area contributed by atoms with E-state index in [9.17, 15) is 4.79 Å². The Morgan fingerprint density at radius 3 is 2.32 bits per heavy atom. The first-order valence-corrected chi connectivity index (χ1v) is 9.92. The van der Waals surface area contributed by atoms with Crippen LogP contribution in [0, 0.1) is 0 Å². The topological polar surface area (TPSA) is 29.1 Å². The minimum atomic E-state index is 0. The van der Waals surface area contributed by atoms with Crippen molar-refractivity contribution in [2.24, 2.45) is 0 Å². The van der Waals surface area contributed by atoms with Gasteiger partial charge in [0.05, 0.1) is 0 Å². The zero-order chi connectivity index (χ0) is 15.5. The molecule has 126 valence electrons. The molecule has 0 bridgehead atoms. The van der Waals surface area contributed by atoms with E-state index in [-0.39, 0.29) is 22.8 Å². The minimum Gasteiger partial charge on any atom is -1.00 e. The van der Waals surface area contributed by atoms with Crippen LogP contribution in [-0.4, -0.2) is 36.1 Å². The van der Waals surface area contributed by atoms with Crippen LogP contribution in [0.15, 0.2) is 24.3 Å². The maximum atomic E-state index is 12.0. The Kier molecular flexibility index (Phi) is 13.4. The first-order valence-electron chi connectivity index (χ1n) is 7.81. The molecule has 0 spiro atoms. The quantitative estimate of drug-likeness (QED) is 0.580. The molecule has 1 aromatic carbocycles. The van der Waals surface area contributed by atoms with Crippen LogP contribution in [-0.2, 0) is 10.9 Å². The summed E-state index contributed by atoms with van der Waals surface area (Å²) < 4.78 is 0. The van der Waals surface area contributed by atoms with Crippen molar-refractivity contribution in [3.05, 3.63) is 34.9 Å². The normalized spacial score (nSPS) is 14.5. The Bertz CT molecular complexity index is 423. The number of rotatable bonds is 5. The Hall–Kier alpha value is -0.0300. The average Bonchev–Trinajstić information content (AvgIpc) is 2.50. The van der Waals surface area contributed by atoms with E-state index in [4.69, 9.17) is 11.6 Å². The SMILES string of the molecule is CCNCC.O=C(C[S+]1CCCCC1)c1cccc(Cl)c1.[Br-]. The second kappa shape index (κ2) is 13.4. The lowest BCUT2D eigenvalue weighted by Crippen LogP contribution is -3.00. The molecule has 1 saturated heterocycles. The third-order valence-corrected chi connectivity index (χ3v) is 5.99. The molecular weight excluding hydrogens is 382 g/mol. The Balaban J connectivity index is 0.000000644. The molecule has 2 rings (SSSR count). The minimum absolute atomic E-state index is 0. The van der Waals surface area contributed by atoms with Crippen LogP contribution in [0.2, 0.25) is 5.02 Å². The summed E-state index contributed by atoms with van der Waals surface area (Å²) in [5.74, 6) is 3.46. The van der Waals surface area contributed by atoms with Crippen molar-refractivity contribution < 1.29 is 21.8 Å². The van der Waals surface area contributed by atoms with Crippen LogP contribution in [0.4, 0.5) is 0 Å². The van der Waals surface area contributed by atoms with E-state index in [1.807, 2.05) is 12.1 Å². The van der Waals surface area contributed by atoms with Crippen LogP contribution in [0.1, 0.15) is 43.5 Å². The van der Waals surface area contributed by atoms with Crippen molar-refractivity contribution in [1.82, 2.24) is 5.32 Å². The molecule has 1 fully saturated rings. The summed E-state index contributed by atoms with van der Waals surface area (Å²) in [7, 11) is 0.326. The van der Waals surface area contributed by atoms with Crippen molar-refractivity contribution in [2.75, 3.05) is 30.3 Å². The molecule has 5 heteroatoms. The van der Waals surface area contributed by atoms with E-state index < -0.39 is 0 Å². The molecule has 0 unspecified atom stereocenters. The zero-order valence-corrected chi connectivity index (χ0v) is 16.7. The molecule has 0 aromatic heterocycles. The zero-order valence-electron chi connectivity index (χ0n) is 13.5. The number of Topliss-reactive ketones (excluding diaryl/α,β-unsaturated/α-hetero) is 1. The summed E-state index contributed by atoms with van der Waals surface area (Å²) in [5, 5.41) is 3.76. The molecule has 0 atom stereocenters. The van der Waals surface area contributed by atoms with Gasteiger partial charge in [-0.25, -0.2) is 0 Å². The lowest BCUT2D eigenvalue weighted by Gasteiger charge is -2.12. The Morgan fingerprint density at radius 1 is 1.18 bits per heavy atom. The number of benzene rings is 1. The van der Waals surface area contributed by atoms with Gasteiger partial charge in [0.2, 0.25) is 5.78 Å². The average molecular weight is 409 g/mol. The number of ketones is 1. The van der Waals surface area contributed by atoms with E-state index in [0.29, 0.717) is 15.9 Å². The lowest BCUT2D eigenvalue weighted by atomic mass is 10.1. The number of halogens is 2. The standard InChI is InChI=1S/C13H16ClOS.C4H11N.BrH/c14-12-6-4-5-11(9-12)13(15)10-16-7-2-1-3-8-16;1-3-5-4-2;/h4-6,9H,1-3,7-8,10H2;5H,3-4H2,1-2H3;1H/q+1;;/p-1. The predicted octanol–water partition coefficient (Wildman–Crippen LogP) is 0.945. The fraction of sp³-hybridized carbons (Fsp3) is 0.588. The van der Waals surface area contributed by atoms with Gasteiger partial charge in [0.1, 0.15) is 11.5 Å². The largest absolute Gasteiger partial charge is 1.00 e. The van der Waals surface area contributed by atoms with Crippen LogP contribution in [0.5, 0.6) is 0 Å². The van der Waals surface area contributed by atoms with Crippen molar-refractivity contribution in [2.45, 2.75) is 33.1 Å². The van der Waals surface area contributed by atoms with E-state index in [1.54, 1.807) is 12.1 Å². The van der Waals surface area contributed by atoms with Gasteiger partial charge in [-0.2, -0.15) is 0 Å². The Labute approximate surface area is 153 Å². The molecule has 1 heterocycles. The van der Waals surface area contributed by atoms with Gasteiger partial charge in [0.15, 0.2) is 5.75 Å². The van der Waals surface area contributed by atoms with Crippen LogP contribution < -0.4 is 22.3 Å². The van der Waals surface area contributed by atoms with Crippen LogP contribution in [0.3, 0.4) is 0 Å². The number of nitrogens with one attached hydrogen (secondary N) is 1. The number of carbonyl (C=O) groups is 1. The monoisotopic (exact) mass is 407 g/mol. The summed E-state index contributed by atoms with van der Waals surface area (Å²) in [6, 6.07) is 7.29. The van der Waals surface area contributed by atoms with Gasteiger partial charge < -0.3 is 22.3 Å². The highest BCUT2D eigenvalue weighted by Crippen LogP contribution is 2.17. The molecule has 1 aliphatic heterocycles. The summed E-state index contributed by atoms with van der Waals surface area (Å²) in [5.41, 5.74) is 0.769. The fourth-order valence-electron chi connectivity index (χ4n) is 2.22. The summed E-state index contributed by atoms with van der Waals surface area (Å²) in [6.07, 6.45) is 3.94. The third-order valence-electron chi connectivity index (χ3n) is 3.35. The predicted molar refractivity (Wildman–Crippen MR) is 95.8 cm³/mol. The van der Waals surface area contributed by atoms with E-state index >= 15 is 0 Å². The summed E-state index contributed by atoms with van der Waals surface area (Å²) in [4.78, 5) is 12.0. The van der Waals surface area contributed by atoms with Gasteiger partial charge in [0, 0.05) is 10.6 Å². The second-order valence-electron chi connectivity index (χ2n) is 5.12. The molecule has 1 aliphatic rings. The highest BCUT2D eigenvalue weighted by molar-refractivity contribution is 7.97. The van der Waals surface area contributed by atoms with E-state index in [1.165, 1.54) is 30.8 Å². The van der Waals surface area contributed by atoms with Crippen LogP contribution in [0.25, 0.3) is 0 Å². The first kappa shape index (κ1) is 22.0. The summed E-state index contributed by atoms with van der Waals surface area (Å²) in [6.45, 7) is 6.39. The van der Waals surface area contributed by atoms with Gasteiger partial charge in [0.25, 0.3) is 0 Å². The smallest absolute Gasteiger partial charge is 0.211 e.